The largest absolute Gasteiger partial charge is 0.366 e. The second kappa shape index (κ2) is 7.30. The highest BCUT2D eigenvalue weighted by atomic mass is 16.1. The van der Waals surface area contributed by atoms with Gasteiger partial charge in [-0.2, -0.15) is 0 Å². The highest BCUT2D eigenvalue weighted by Gasteiger charge is 2.16. The van der Waals surface area contributed by atoms with Crippen molar-refractivity contribution in [2.24, 2.45) is 5.73 Å². The molecular weight excluding hydrogens is 312 g/mol. The van der Waals surface area contributed by atoms with Crippen LogP contribution in [0.1, 0.15) is 47.6 Å². The zero-order valence-electron chi connectivity index (χ0n) is 14.5. The van der Waals surface area contributed by atoms with E-state index in [-0.39, 0.29) is 6.04 Å². The minimum atomic E-state index is -0.484. The fourth-order valence-corrected chi connectivity index (χ4v) is 3.03. The Bertz CT molecular complexity index is 893. The molecule has 0 fully saturated rings. The van der Waals surface area contributed by atoms with Crippen LogP contribution in [0.3, 0.4) is 0 Å². The SMILES string of the molecule is CCC[C@@H](Nc1nc(C)nc2c(C(N)=O)cccc12)c1ccccc1. The first-order valence-electron chi connectivity index (χ1n) is 8.48. The lowest BCUT2D eigenvalue weighted by Gasteiger charge is -2.20. The first-order valence-corrected chi connectivity index (χ1v) is 8.48. The molecule has 128 valence electrons. The van der Waals surface area contributed by atoms with Crippen LogP contribution in [0.2, 0.25) is 0 Å². The summed E-state index contributed by atoms with van der Waals surface area (Å²) in [6.45, 7) is 3.98. The zero-order chi connectivity index (χ0) is 17.8. The van der Waals surface area contributed by atoms with E-state index in [0.29, 0.717) is 16.9 Å². The molecule has 1 amide bonds. The van der Waals surface area contributed by atoms with Crippen molar-refractivity contribution in [2.45, 2.75) is 32.7 Å². The van der Waals surface area contributed by atoms with Gasteiger partial charge >= 0.3 is 0 Å². The van der Waals surface area contributed by atoms with Crippen molar-refractivity contribution >= 4 is 22.6 Å². The van der Waals surface area contributed by atoms with Gasteiger partial charge in [0.25, 0.3) is 5.91 Å². The molecule has 0 unspecified atom stereocenters. The highest BCUT2D eigenvalue weighted by Crippen LogP contribution is 2.28. The van der Waals surface area contributed by atoms with Gasteiger partial charge in [-0.15, -0.1) is 0 Å². The maximum absolute atomic E-state index is 11.7. The number of anilines is 1. The number of carbonyl (C=O) groups excluding carboxylic acids is 1. The maximum atomic E-state index is 11.7. The number of nitrogens with one attached hydrogen (secondary N) is 1. The summed E-state index contributed by atoms with van der Waals surface area (Å²) in [6.07, 6.45) is 2.02. The van der Waals surface area contributed by atoms with E-state index in [1.54, 1.807) is 6.07 Å². The van der Waals surface area contributed by atoms with Crippen molar-refractivity contribution in [3.63, 3.8) is 0 Å². The predicted octanol–water partition coefficient (Wildman–Crippen LogP) is 3.99. The van der Waals surface area contributed by atoms with E-state index in [1.165, 1.54) is 5.56 Å². The average Bonchev–Trinajstić information content (AvgIpc) is 2.61. The predicted molar refractivity (Wildman–Crippen MR) is 101 cm³/mol. The van der Waals surface area contributed by atoms with Gasteiger partial charge in [-0.05, 0) is 31.0 Å². The summed E-state index contributed by atoms with van der Waals surface area (Å²) in [4.78, 5) is 20.7. The second-order valence-electron chi connectivity index (χ2n) is 6.08. The Morgan fingerprint density at radius 1 is 1.12 bits per heavy atom. The fourth-order valence-electron chi connectivity index (χ4n) is 3.03. The van der Waals surface area contributed by atoms with E-state index in [2.05, 4.69) is 34.3 Å². The standard InChI is InChI=1S/C20H22N4O/c1-3-8-17(14-9-5-4-6-10-14)24-20-16-12-7-11-15(19(21)25)18(16)22-13(2)23-20/h4-7,9-12,17H,3,8H2,1-2H3,(H2,21,25)(H,22,23,24)/t17-/m1/s1. The lowest BCUT2D eigenvalue weighted by molar-refractivity contribution is 0.100. The number of amides is 1. The Morgan fingerprint density at radius 3 is 2.56 bits per heavy atom. The summed E-state index contributed by atoms with van der Waals surface area (Å²) in [7, 11) is 0. The number of benzene rings is 2. The molecule has 5 heteroatoms. The number of primary amides is 1. The Labute approximate surface area is 147 Å². The molecule has 0 aliphatic carbocycles. The molecule has 3 N–H and O–H groups in total. The molecule has 5 nitrogen and oxygen atoms in total. The highest BCUT2D eigenvalue weighted by molar-refractivity contribution is 6.07. The molecule has 0 spiro atoms. The lowest BCUT2D eigenvalue weighted by Crippen LogP contribution is -2.15. The summed E-state index contributed by atoms with van der Waals surface area (Å²) in [6, 6.07) is 15.9. The summed E-state index contributed by atoms with van der Waals surface area (Å²) < 4.78 is 0. The fraction of sp³-hybridized carbons (Fsp3) is 0.250. The number of aromatic nitrogens is 2. The third-order valence-corrected chi connectivity index (χ3v) is 4.19. The Kier molecular flexibility index (Phi) is 4.93. The van der Waals surface area contributed by atoms with E-state index in [1.807, 2.05) is 37.3 Å². The third kappa shape index (κ3) is 3.60. The number of nitrogens with two attached hydrogens (primary N) is 1. The van der Waals surface area contributed by atoms with Crippen LogP contribution in [-0.2, 0) is 0 Å². The van der Waals surface area contributed by atoms with Crippen LogP contribution in [0, 0.1) is 6.92 Å². The molecule has 1 heterocycles. The van der Waals surface area contributed by atoms with Crippen LogP contribution in [0.4, 0.5) is 5.82 Å². The molecule has 3 rings (SSSR count). The van der Waals surface area contributed by atoms with Gasteiger partial charge in [-0.1, -0.05) is 49.7 Å². The summed E-state index contributed by atoms with van der Waals surface area (Å²) in [5.74, 6) is 0.850. The van der Waals surface area contributed by atoms with Crippen LogP contribution in [0.5, 0.6) is 0 Å². The topological polar surface area (TPSA) is 80.9 Å². The van der Waals surface area contributed by atoms with Gasteiger partial charge in [0.1, 0.15) is 11.6 Å². The molecule has 0 radical (unpaired) electrons. The second-order valence-corrected chi connectivity index (χ2v) is 6.08. The van der Waals surface area contributed by atoms with Crippen molar-refractivity contribution < 1.29 is 4.79 Å². The first kappa shape index (κ1) is 16.9. The molecule has 3 aromatic rings. The van der Waals surface area contributed by atoms with Gasteiger partial charge in [0.2, 0.25) is 0 Å². The van der Waals surface area contributed by atoms with Gasteiger partial charge in [-0.25, -0.2) is 9.97 Å². The van der Waals surface area contributed by atoms with Gasteiger partial charge in [0.15, 0.2) is 0 Å². The molecule has 0 aliphatic rings. The van der Waals surface area contributed by atoms with Crippen molar-refractivity contribution in [1.82, 2.24) is 9.97 Å². The minimum absolute atomic E-state index is 0.140. The number of para-hydroxylation sites is 1. The third-order valence-electron chi connectivity index (χ3n) is 4.19. The minimum Gasteiger partial charge on any atom is -0.366 e. The van der Waals surface area contributed by atoms with Gasteiger partial charge in [-0.3, -0.25) is 4.79 Å². The molecule has 1 aromatic heterocycles. The number of fused-ring (bicyclic) bond motifs is 1. The molecule has 1 atom stereocenters. The summed E-state index contributed by atoms with van der Waals surface area (Å²) >= 11 is 0. The zero-order valence-corrected chi connectivity index (χ0v) is 14.5. The van der Waals surface area contributed by atoms with Crippen molar-refractivity contribution in [3.8, 4) is 0 Å². The molecule has 0 saturated carbocycles. The number of hydrogen-bond donors (Lipinski definition) is 2. The number of hydrogen-bond acceptors (Lipinski definition) is 4. The van der Waals surface area contributed by atoms with Crippen molar-refractivity contribution in [3.05, 3.63) is 65.5 Å². The molecule has 0 saturated heterocycles. The van der Waals surface area contributed by atoms with E-state index < -0.39 is 5.91 Å². The average molecular weight is 334 g/mol. The monoisotopic (exact) mass is 334 g/mol. The number of carbonyl (C=O) groups is 1. The van der Waals surface area contributed by atoms with Crippen LogP contribution in [0.15, 0.2) is 48.5 Å². The lowest BCUT2D eigenvalue weighted by atomic mass is 10.0. The van der Waals surface area contributed by atoms with Gasteiger partial charge < -0.3 is 11.1 Å². The molecule has 0 aliphatic heterocycles. The van der Waals surface area contributed by atoms with E-state index in [0.717, 1.165) is 24.0 Å². The molecule has 2 aromatic carbocycles. The van der Waals surface area contributed by atoms with Crippen LogP contribution >= 0.6 is 0 Å². The molecule has 25 heavy (non-hydrogen) atoms. The molecule has 0 bridgehead atoms. The van der Waals surface area contributed by atoms with Crippen LogP contribution in [-0.4, -0.2) is 15.9 Å². The smallest absolute Gasteiger partial charge is 0.250 e. The van der Waals surface area contributed by atoms with Crippen LogP contribution < -0.4 is 11.1 Å². The van der Waals surface area contributed by atoms with Gasteiger partial charge in [0.05, 0.1) is 17.1 Å². The van der Waals surface area contributed by atoms with Crippen molar-refractivity contribution in [1.29, 1.82) is 0 Å². The van der Waals surface area contributed by atoms with E-state index in [4.69, 9.17) is 5.73 Å². The van der Waals surface area contributed by atoms with Crippen LogP contribution in [0.25, 0.3) is 10.9 Å². The number of rotatable bonds is 6. The van der Waals surface area contributed by atoms with Gasteiger partial charge in [0, 0.05) is 5.39 Å². The summed E-state index contributed by atoms with van der Waals surface area (Å²) in [5.41, 5.74) is 7.71. The van der Waals surface area contributed by atoms with Crippen molar-refractivity contribution in [2.75, 3.05) is 5.32 Å². The Morgan fingerprint density at radius 2 is 1.88 bits per heavy atom. The quantitative estimate of drug-likeness (QED) is 0.714. The number of aryl methyl sites for hydroxylation is 1. The maximum Gasteiger partial charge on any atom is 0.250 e. The van der Waals surface area contributed by atoms with E-state index in [9.17, 15) is 4.79 Å². The summed E-state index contributed by atoms with van der Waals surface area (Å²) in [5, 5.41) is 4.35. The molecular formula is C20H22N4O. The Hall–Kier alpha value is -2.95. The van der Waals surface area contributed by atoms with E-state index >= 15 is 0 Å². The number of nitrogens with zero attached hydrogens (tertiary/aromatic N) is 2. The Balaban J connectivity index is 2.08. The normalized spacial score (nSPS) is 12.1. The first-order chi connectivity index (χ1) is 12.1.